The molecule has 0 aliphatic carbocycles. The molecule has 0 heterocycles. The van der Waals surface area contributed by atoms with Crippen molar-refractivity contribution < 1.29 is 42.1 Å². The SMILES string of the molecule is CC/C=C\C/C=C\C/C=C\C/C=C\CCCCCCCCCCC(=O)OC(COC(=O)CCCCCCCCCCCCCCCC)COP(=O)(O)OCC[N+](C)(C)C. The van der Waals surface area contributed by atoms with Gasteiger partial charge in [-0.25, -0.2) is 4.57 Å². The minimum atomic E-state index is -4.38. The summed E-state index contributed by atoms with van der Waals surface area (Å²) in [5.41, 5.74) is 0. The van der Waals surface area contributed by atoms with Gasteiger partial charge in [-0.05, 0) is 51.4 Å². The molecule has 2 atom stereocenters. The monoisotopic (exact) mass is 853 g/mol. The number of unbranched alkanes of at least 4 members (excludes halogenated alkanes) is 21. The van der Waals surface area contributed by atoms with Crippen LogP contribution in [-0.4, -0.2) is 74.9 Å². The molecular formula is C49H91NO8P+. The number of rotatable bonds is 43. The van der Waals surface area contributed by atoms with Crippen molar-refractivity contribution in [3.8, 4) is 0 Å². The molecule has 10 heteroatoms. The molecule has 0 spiro atoms. The van der Waals surface area contributed by atoms with Crippen LogP contribution in [0.3, 0.4) is 0 Å². The van der Waals surface area contributed by atoms with E-state index >= 15 is 0 Å². The summed E-state index contributed by atoms with van der Waals surface area (Å²) >= 11 is 0. The van der Waals surface area contributed by atoms with Crippen LogP contribution in [0.2, 0.25) is 0 Å². The van der Waals surface area contributed by atoms with Gasteiger partial charge in [-0.2, -0.15) is 0 Å². The van der Waals surface area contributed by atoms with Crippen LogP contribution in [0.4, 0.5) is 0 Å². The van der Waals surface area contributed by atoms with Crippen LogP contribution in [0.5, 0.6) is 0 Å². The van der Waals surface area contributed by atoms with Gasteiger partial charge in [-0.15, -0.1) is 0 Å². The average Bonchev–Trinajstić information content (AvgIpc) is 3.19. The van der Waals surface area contributed by atoms with Crippen LogP contribution >= 0.6 is 7.82 Å². The summed E-state index contributed by atoms with van der Waals surface area (Å²) in [6.45, 7) is 4.31. The maximum absolute atomic E-state index is 12.7. The molecule has 1 N–H and O–H groups in total. The van der Waals surface area contributed by atoms with Crippen molar-refractivity contribution in [2.75, 3.05) is 47.5 Å². The van der Waals surface area contributed by atoms with Crippen molar-refractivity contribution in [2.24, 2.45) is 0 Å². The van der Waals surface area contributed by atoms with Gasteiger partial charge >= 0.3 is 19.8 Å². The lowest BCUT2D eigenvalue weighted by atomic mass is 10.0. The van der Waals surface area contributed by atoms with Gasteiger partial charge in [-0.1, -0.05) is 184 Å². The number of hydrogen-bond donors (Lipinski definition) is 1. The van der Waals surface area contributed by atoms with E-state index in [-0.39, 0.29) is 32.0 Å². The number of carbonyl (C=O) groups excluding carboxylic acids is 2. The topological polar surface area (TPSA) is 108 Å². The Labute approximate surface area is 363 Å². The van der Waals surface area contributed by atoms with Gasteiger partial charge < -0.3 is 18.9 Å². The van der Waals surface area contributed by atoms with Gasteiger partial charge in [0.2, 0.25) is 0 Å². The number of quaternary nitrogens is 1. The number of ether oxygens (including phenoxy) is 2. The first-order chi connectivity index (χ1) is 28.5. The predicted octanol–water partition coefficient (Wildman–Crippen LogP) is 13.9. The number of allylic oxidation sites excluding steroid dienone is 8. The Balaban J connectivity index is 4.30. The number of hydrogen-bond acceptors (Lipinski definition) is 7. The molecule has 0 aliphatic heterocycles. The fourth-order valence-electron chi connectivity index (χ4n) is 6.42. The van der Waals surface area contributed by atoms with Crippen molar-refractivity contribution in [3.05, 3.63) is 48.6 Å². The zero-order valence-corrected chi connectivity index (χ0v) is 39.6. The minimum Gasteiger partial charge on any atom is -0.462 e. The Bertz CT molecular complexity index is 1150. The molecule has 0 amide bonds. The normalized spacial score (nSPS) is 13.9. The summed E-state index contributed by atoms with van der Waals surface area (Å²) in [5.74, 6) is -0.803. The maximum Gasteiger partial charge on any atom is 0.472 e. The van der Waals surface area contributed by atoms with E-state index in [1.165, 1.54) is 96.3 Å². The van der Waals surface area contributed by atoms with Gasteiger partial charge in [0, 0.05) is 12.8 Å². The van der Waals surface area contributed by atoms with Crippen LogP contribution in [0.25, 0.3) is 0 Å². The summed E-state index contributed by atoms with van der Waals surface area (Å²) in [6.07, 6.45) is 48.7. The predicted molar refractivity (Wildman–Crippen MR) is 247 cm³/mol. The molecule has 2 unspecified atom stereocenters. The van der Waals surface area contributed by atoms with Crippen molar-refractivity contribution in [1.29, 1.82) is 0 Å². The fraction of sp³-hybridized carbons (Fsp3) is 0.796. The lowest BCUT2D eigenvalue weighted by Crippen LogP contribution is -2.37. The van der Waals surface area contributed by atoms with E-state index < -0.39 is 26.5 Å². The van der Waals surface area contributed by atoms with E-state index in [0.29, 0.717) is 17.4 Å². The molecule has 9 nitrogen and oxygen atoms in total. The van der Waals surface area contributed by atoms with Gasteiger partial charge in [0.1, 0.15) is 19.8 Å². The Hall–Kier alpha value is -2.03. The number of esters is 2. The van der Waals surface area contributed by atoms with Crippen LogP contribution in [0, 0.1) is 0 Å². The second-order valence-corrected chi connectivity index (χ2v) is 18.6. The van der Waals surface area contributed by atoms with Crippen molar-refractivity contribution in [2.45, 2.75) is 206 Å². The van der Waals surface area contributed by atoms with Crippen LogP contribution in [-0.2, 0) is 32.7 Å². The molecule has 0 saturated carbocycles. The van der Waals surface area contributed by atoms with E-state index in [1.54, 1.807) is 0 Å². The molecule has 344 valence electrons. The second-order valence-electron chi connectivity index (χ2n) is 17.1. The highest BCUT2D eigenvalue weighted by atomic mass is 31.2. The molecule has 0 bridgehead atoms. The third-order valence-corrected chi connectivity index (χ3v) is 11.1. The summed E-state index contributed by atoms with van der Waals surface area (Å²) in [7, 11) is 1.47. The number of phosphoric acid groups is 1. The summed E-state index contributed by atoms with van der Waals surface area (Å²) < 4.78 is 34.4. The third-order valence-electron chi connectivity index (χ3n) is 10.1. The molecule has 59 heavy (non-hydrogen) atoms. The van der Waals surface area contributed by atoms with Gasteiger partial charge in [0.25, 0.3) is 0 Å². The first-order valence-corrected chi connectivity index (χ1v) is 25.4. The lowest BCUT2D eigenvalue weighted by molar-refractivity contribution is -0.870. The van der Waals surface area contributed by atoms with Crippen molar-refractivity contribution >= 4 is 19.8 Å². The smallest absolute Gasteiger partial charge is 0.462 e. The van der Waals surface area contributed by atoms with Crippen molar-refractivity contribution in [1.82, 2.24) is 0 Å². The van der Waals surface area contributed by atoms with E-state index in [9.17, 15) is 19.0 Å². The highest BCUT2D eigenvalue weighted by Gasteiger charge is 2.27. The molecule has 0 aromatic heterocycles. The zero-order valence-electron chi connectivity index (χ0n) is 38.7. The molecular weight excluding hydrogens is 762 g/mol. The number of carbonyl (C=O) groups is 2. The number of nitrogens with zero attached hydrogens (tertiary/aromatic N) is 1. The third kappa shape index (κ3) is 45.3. The fourth-order valence-corrected chi connectivity index (χ4v) is 7.16. The molecule has 0 fully saturated rings. The van der Waals surface area contributed by atoms with E-state index in [0.717, 1.165) is 70.6 Å². The highest BCUT2D eigenvalue weighted by molar-refractivity contribution is 7.47. The maximum atomic E-state index is 12.7. The first-order valence-electron chi connectivity index (χ1n) is 23.9. The van der Waals surface area contributed by atoms with E-state index in [4.69, 9.17) is 18.5 Å². The van der Waals surface area contributed by atoms with Crippen LogP contribution in [0.15, 0.2) is 48.6 Å². The van der Waals surface area contributed by atoms with Gasteiger partial charge in [-0.3, -0.25) is 18.6 Å². The minimum absolute atomic E-state index is 0.0297. The average molecular weight is 853 g/mol. The Morgan fingerprint density at radius 2 is 0.966 bits per heavy atom. The molecule has 0 aliphatic rings. The van der Waals surface area contributed by atoms with E-state index in [1.807, 2.05) is 21.1 Å². The molecule has 0 saturated heterocycles. The molecule has 0 aromatic rings. The summed E-state index contributed by atoms with van der Waals surface area (Å²) in [5, 5.41) is 0. The van der Waals surface area contributed by atoms with Gasteiger partial charge in [0.15, 0.2) is 6.10 Å². The standard InChI is InChI=1S/C49H90NO8P/c1-6-8-10-12-14-16-18-20-22-23-24-25-26-27-28-30-32-34-36-38-40-42-49(52)58-47(46-57-59(53,54)56-44-43-50(3,4)5)45-55-48(51)41-39-37-35-33-31-29-21-19-17-15-13-11-9-7-2/h8,10,14,16,20,22,24-25,47H,6-7,9,11-13,15,17-19,21,23,26-46H2,1-5H3/p+1/b10-8-,16-14-,22-20-,25-24-. The molecule has 0 rings (SSSR count). The van der Waals surface area contributed by atoms with Crippen LogP contribution in [0.1, 0.15) is 200 Å². The molecule has 0 radical (unpaired) electrons. The molecule has 0 aromatic carbocycles. The largest absolute Gasteiger partial charge is 0.472 e. The highest BCUT2D eigenvalue weighted by Crippen LogP contribution is 2.43. The summed E-state index contributed by atoms with van der Waals surface area (Å²) in [6, 6.07) is 0. The Morgan fingerprint density at radius 1 is 0.542 bits per heavy atom. The second kappa shape index (κ2) is 41.3. The Morgan fingerprint density at radius 3 is 1.44 bits per heavy atom. The first kappa shape index (κ1) is 57.0. The van der Waals surface area contributed by atoms with E-state index in [2.05, 4.69) is 62.5 Å². The van der Waals surface area contributed by atoms with Crippen molar-refractivity contribution in [3.63, 3.8) is 0 Å². The zero-order chi connectivity index (χ0) is 43.6. The van der Waals surface area contributed by atoms with Crippen LogP contribution < -0.4 is 0 Å². The number of phosphoric ester groups is 1. The summed E-state index contributed by atoms with van der Waals surface area (Å²) in [4.78, 5) is 35.5. The Kier molecular flexibility index (Phi) is 39.9. The quantitative estimate of drug-likeness (QED) is 0.0212. The van der Waals surface area contributed by atoms with Gasteiger partial charge in [0.05, 0.1) is 27.7 Å². The lowest BCUT2D eigenvalue weighted by Gasteiger charge is -2.24. The number of likely N-dealkylation sites (N-methyl/N-ethyl adjacent to an activating group) is 1.